The Morgan fingerprint density at radius 2 is 2.05 bits per heavy atom. The van der Waals surface area contributed by atoms with Gasteiger partial charge in [-0.25, -0.2) is 0 Å². The molecular formula is C12H16Cl2N4O2. The summed E-state index contributed by atoms with van der Waals surface area (Å²) in [6.45, 7) is 4.10. The predicted octanol–water partition coefficient (Wildman–Crippen LogP) is 1.82. The van der Waals surface area contributed by atoms with Gasteiger partial charge in [0, 0.05) is 19.0 Å². The summed E-state index contributed by atoms with van der Waals surface area (Å²) in [5, 5.41) is 12.5. The summed E-state index contributed by atoms with van der Waals surface area (Å²) in [7, 11) is 0. The maximum atomic E-state index is 11.8. The topological polar surface area (TPSA) is 84.0 Å². The van der Waals surface area contributed by atoms with E-state index in [1.807, 2.05) is 13.8 Å². The van der Waals surface area contributed by atoms with Crippen molar-refractivity contribution >= 4 is 35.0 Å². The molecule has 0 radical (unpaired) electrons. The van der Waals surface area contributed by atoms with Crippen LogP contribution in [0.25, 0.3) is 0 Å². The first-order chi connectivity index (χ1) is 9.43. The van der Waals surface area contributed by atoms with Crippen molar-refractivity contribution in [3.63, 3.8) is 0 Å². The van der Waals surface area contributed by atoms with Crippen molar-refractivity contribution in [2.45, 2.75) is 32.7 Å². The van der Waals surface area contributed by atoms with Crippen LogP contribution in [-0.4, -0.2) is 34.6 Å². The van der Waals surface area contributed by atoms with Crippen molar-refractivity contribution in [2.24, 2.45) is 0 Å². The summed E-state index contributed by atoms with van der Waals surface area (Å²) < 4.78 is 0. The van der Waals surface area contributed by atoms with Crippen LogP contribution in [0.5, 0.6) is 0 Å². The Kier molecular flexibility index (Phi) is 6.67. The highest BCUT2D eigenvalue weighted by Gasteiger charge is 2.13. The van der Waals surface area contributed by atoms with Crippen molar-refractivity contribution in [3.05, 3.63) is 21.9 Å². The lowest BCUT2D eigenvalue weighted by molar-refractivity contribution is -0.121. The fraction of sp³-hybridized carbons (Fsp3) is 0.500. The minimum absolute atomic E-state index is 0.0315. The molecule has 0 aliphatic carbocycles. The number of amides is 2. The Morgan fingerprint density at radius 3 is 2.70 bits per heavy atom. The van der Waals surface area contributed by atoms with Crippen molar-refractivity contribution in [2.75, 3.05) is 6.54 Å². The molecule has 0 aliphatic heterocycles. The van der Waals surface area contributed by atoms with E-state index in [2.05, 4.69) is 20.8 Å². The number of nitrogens with one attached hydrogen (secondary N) is 2. The molecule has 0 aliphatic rings. The Hall–Kier alpha value is -1.40. The van der Waals surface area contributed by atoms with Crippen molar-refractivity contribution < 1.29 is 9.59 Å². The Morgan fingerprint density at radius 1 is 1.35 bits per heavy atom. The zero-order chi connectivity index (χ0) is 15.1. The van der Waals surface area contributed by atoms with Gasteiger partial charge < -0.3 is 10.6 Å². The van der Waals surface area contributed by atoms with Crippen LogP contribution < -0.4 is 10.6 Å². The van der Waals surface area contributed by atoms with Gasteiger partial charge in [0.1, 0.15) is 0 Å². The van der Waals surface area contributed by atoms with Gasteiger partial charge in [0.2, 0.25) is 5.91 Å². The van der Waals surface area contributed by atoms with Crippen molar-refractivity contribution in [1.29, 1.82) is 0 Å². The van der Waals surface area contributed by atoms with E-state index >= 15 is 0 Å². The maximum Gasteiger partial charge on any atom is 0.254 e. The molecule has 2 amide bonds. The highest BCUT2D eigenvalue weighted by molar-refractivity contribution is 6.34. The van der Waals surface area contributed by atoms with E-state index in [1.165, 1.54) is 6.07 Å². The number of rotatable bonds is 6. The lowest BCUT2D eigenvalue weighted by atomic mass is 10.2. The Balaban J connectivity index is 2.44. The number of halogens is 2. The highest BCUT2D eigenvalue weighted by atomic mass is 35.5. The van der Waals surface area contributed by atoms with Crippen molar-refractivity contribution in [3.8, 4) is 0 Å². The van der Waals surface area contributed by atoms with Crippen LogP contribution in [0.2, 0.25) is 10.3 Å². The normalized spacial score (nSPS) is 11.8. The van der Waals surface area contributed by atoms with Gasteiger partial charge in [0.25, 0.3) is 5.91 Å². The molecule has 1 rings (SSSR count). The van der Waals surface area contributed by atoms with E-state index in [4.69, 9.17) is 23.2 Å². The van der Waals surface area contributed by atoms with Crippen LogP contribution in [0.3, 0.4) is 0 Å². The lowest BCUT2D eigenvalue weighted by Gasteiger charge is -2.11. The van der Waals surface area contributed by atoms with E-state index in [1.54, 1.807) is 0 Å². The first-order valence-corrected chi connectivity index (χ1v) is 6.96. The minimum atomic E-state index is -0.442. The van der Waals surface area contributed by atoms with Crippen LogP contribution in [0.15, 0.2) is 6.07 Å². The van der Waals surface area contributed by atoms with Crippen LogP contribution in [0.4, 0.5) is 0 Å². The van der Waals surface area contributed by atoms with Gasteiger partial charge in [0.15, 0.2) is 10.3 Å². The van der Waals surface area contributed by atoms with Gasteiger partial charge >= 0.3 is 0 Å². The van der Waals surface area contributed by atoms with Crippen LogP contribution >= 0.6 is 23.2 Å². The molecule has 20 heavy (non-hydrogen) atoms. The first kappa shape index (κ1) is 16.7. The predicted molar refractivity (Wildman–Crippen MR) is 76.9 cm³/mol. The Bertz CT molecular complexity index is 496. The van der Waals surface area contributed by atoms with E-state index in [0.29, 0.717) is 0 Å². The number of hydrogen-bond donors (Lipinski definition) is 2. The molecule has 0 saturated heterocycles. The molecule has 1 aromatic rings. The van der Waals surface area contributed by atoms with Gasteiger partial charge in [-0.2, -0.15) is 0 Å². The fourth-order valence-corrected chi connectivity index (χ4v) is 1.67. The molecule has 8 heteroatoms. The zero-order valence-electron chi connectivity index (χ0n) is 11.2. The monoisotopic (exact) mass is 318 g/mol. The average Bonchev–Trinajstić information content (AvgIpc) is 2.41. The molecule has 6 nitrogen and oxygen atoms in total. The Labute approximate surface area is 127 Å². The molecule has 0 fully saturated rings. The van der Waals surface area contributed by atoms with Gasteiger partial charge in [-0.3, -0.25) is 9.59 Å². The summed E-state index contributed by atoms with van der Waals surface area (Å²) in [6.07, 6.45) is 1.05. The third-order valence-corrected chi connectivity index (χ3v) is 3.08. The minimum Gasteiger partial charge on any atom is -0.354 e. The largest absolute Gasteiger partial charge is 0.354 e. The molecule has 0 bridgehead atoms. The second-order valence-electron chi connectivity index (χ2n) is 4.25. The van der Waals surface area contributed by atoms with E-state index in [9.17, 15) is 9.59 Å². The summed E-state index contributed by atoms with van der Waals surface area (Å²) in [6, 6.07) is 1.45. The molecule has 0 aromatic carbocycles. The quantitative estimate of drug-likeness (QED) is 0.838. The summed E-state index contributed by atoms with van der Waals surface area (Å²) in [4.78, 5) is 23.3. The molecule has 0 saturated carbocycles. The van der Waals surface area contributed by atoms with Crippen LogP contribution in [-0.2, 0) is 4.79 Å². The summed E-state index contributed by atoms with van der Waals surface area (Å²) >= 11 is 11.4. The molecule has 2 N–H and O–H groups in total. The summed E-state index contributed by atoms with van der Waals surface area (Å²) in [5.74, 6) is -0.556. The molecular weight excluding hydrogens is 303 g/mol. The molecule has 1 unspecified atom stereocenters. The number of aromatic nitrogens is 2. The van der Waals surface area contributed by atoms with Crippen LogP contribution in [0.1, 0.15) is 37.0 Å². The lowest BCUT2D eigenvalue weighted by Crippen LogP contribution is -2.35. The number of nitrogens with zero attached hydrogens (tertiary/aromatic N) is 2. The maximum absolute atomic E-state index is 11.8. The van der Waals surface area contributed by atoms with Crippen molar-refractivity contribution in [1.82, 2.24) is 20.8 Å². The van der Waals surface area contributed by atoms with Gasteiger partial charge in [-0.1, -0.05) is 30.1 Å². The molecule has 1 aromatic heterocycles. The fourth-order valence-electron chi connectivity index (χ4n) is 1.35. The number of carbonyl (C=O) groups is 2. The van der Waals surface area contributed by atoms with Gasteiger partial charge in [-0.15, -0.1) is 10.2 Å². The molecule has 110 valence electrons. The number of carbonyl (C=O) groups excluding carboxylic acids is 2. The first-order valence-electron chi connectivity index (χ1n) is 6.20. The highest BCUT2D eigenvalue weighted by Crippen LogP contribution is 2.14. The SMILES string of the molecule is CCC(C)NC(=O)CCNC(=O)c1cc(Cl)nnc1Cl. The standard InChI is InChI=1S/C12H16Cl2N4O2/c1-3-7(2)16-10(19)4-5-15-12(20)8-6-9(13)17-18-11(8)14/h6-7H,3-5H2,1-2H3,(H,15,20)(H,16,19). The van der Waals surface area contributed by atoms with Gasteiger partial charge in [0.05, 0.1) is 5.56 Å². The van der Waals surface area contributed by atoms with E-state index in [0.717, 1.165) is 6.42 Å². The van der Waals surface area contributed by atoms with Gasteiger partial charge in [-0.05, 0) is 19.4 Å². The summed E-state index contributed by atoms with van der Waals surface area (Å²) in [5.41, 5.74) is 0.133. The number of hydrogen-bond acceptors (Lipinski definition) is 4. The smallest absolute Gasteiger partial charge is 0.254 e. The third-order valence-electron chi connectivity index (χ3n) is 2.62. The van der Waals surface area contributed by atoms with E-state index in [-0.39, 0.29) is 40.8 Å². The van der Waals surface area contributed by atoms with Crippen LogP contribution in [0, 0.1) is 0 Å². The molecule has 0 spiro atoms. The average molecular weight is 319 g/mol. The molecule has 1 heterocycles. The van der Waals surface area contributed by atoms with E-state index < -0.39 is 5.91 Å². The molecule has 1 atom stereocenters. The zero-order valence-corrected chi connectivity index (χ0v) is 12.8. The second kappa shape index (κ2) is 8.01. The second-order valence-corrected chi connectivity index (χ2v) is 5.00. The third kappa shape index (κ3) is 5.30.